The Labute approximate surface area is 124 Å². The van der Waals surface area contributed by atoms with E-state index in [1.165, 1.54) is 18.6 Å². The van der Waals surface area contributed by atoms with Crippen molar-refractivity contribution in [3.8, 4) is 11.8 Å². The lowest BCUT2D eigenvalue weighted by atomic mass is 10.0. The lowest BCUT2D eigenvalue weighted by Crippen LogP contribution is -2.30. The van der Waals surface area contributed by atoms with Gasteiger partial charge < -0.3 is 11.1 Å². The van der Waals surface area contributed by atoms with Gasteiger partial charge in [0.05, 0.1) is 12.1 Å². The summed E-state index contributed by atoms with van der Waals surface area (Å²) in [5.41, 5.74) is 7.89. The fraction of sp³-hybridized carbons (Fsp3) is 0.438. The lowest BCUT2D eigenvalue weighted by molar-refractivity contribution is 0.0953. The van der Waals surface area contributed by atoms with Crippen molar-refractivity contribution < 1.29 is 4.79 Å². The van der Waals surface area contributed by atoms with E-state index in [0.29, 0.717) is 17.4 Å². The zero-order valence-electron chi connectivity index (χ0n) is 11.7. The summed E-state index contributed by atoms with van der Waals surface area (Å²) in [5.74, 6) is 6.96. The molecule has 0 bridgehead atoms. The van der Waals surface area contributed by atoms with Crippen LogP contribution in [0.2, 0.25) is 0 Å². The number of thioether (sulfide) groups is 1. The first-order chi connectivity index (χ1) is 9.70. The number of nitrogens with one attached hydrogen (secondary N) is 1. The van der Waals surface area contributed by atoms with Crippen LogP contribution in [-0.4, -0.2) is 30.0 Å². The van der Waals surface area contributed by atoms with E-state index in [2.05, 4.69) is 17.2 Å². The van der Waals surface area contributed by atoms with Crippen molar-refractivity contribution in [2.24, 2.45) is 5.73 Å². The monoisotopic (exact) mass is 288 g/mol. The predicted octanol–water partition coefficient (Wildman–Crippen LogP) is 1.93. The number of hydrogen-bond donors (Lipinski definition) is 2. The van der Waals surface area contributed by atoms with Crippen LogP contribution in [0.4, 0.5) is 0 Å². The van der Waals surface area contributed by atoms with Crippen LogP contribution in [-0.2, 0) is 0 Å². The van der Waals surface area contributed by atoms with E-state index in [0.717, 1.165) is 17.7 Å². The molecule has 0 spiro atoms. The van der Waals surface area contributed by atoms with E-state index >= 15 is 0 Å². The second kappa shape index (κ2) is 7.37. The van der Waals surface area contributed by atoms with Crippen LogP contribution in [0.3, 0.4) is 0 Å². The zero-order valence-corrected chi connectivity index (χ0v) is 12.6. The molecule has 106 valence electrons. The molecule has 1 aromatic rings. The van der Waals surface area contributed by atoms with Crippen molar-refractivity contribution in [3.05, 3.63) is 34.9 Å². The molecule has 1 aromatic carbocycles. The molecule has 0 aliphatic carbocycles. The molecule has 1 heterocycles. The second-order valence-corrected chi connectivity index (χ2v) is 6.31. The first-order valence-corrected chi connectivity index (χ1v) is 7.95. The molecule has 1 saturated heterocycles. The highest BCUT2D eigenvalue weighted by Gasteiger charge is 2.17. The molecule has 1 amide bonds. The maximum Gasteiger partial charge on any atom is 0.252 e. The number of nitrogens with two attached hydrogens (primary N) is 1. The van der Waals surface area contributed by atoms with Gasteiger partial charge >= 0.3 is 0 Å². The summed E-state index contributed by atoms with van der Waals surface area (Å²) in [6.07, 6.45) is 2.45. The number of amides is 1. The van der Waals surface area contributed by atoms with E-state index in [1.54, 1.807) is 0 Å². The molecule has 0 saturated carbocycles. The molecule has 1 aliphatic heterocycles. The van der Waals surface area contributed by atoms with Gasteiger partial charge in [-0.1, -0.05) is 17.9 Å². The van der Waals surface area contributed by atoms with Crippen LogP contribution < -0.4 is 11.1 Å². The first kappa shape index (κ1) is 15.0. The standard InChI is InChI=1S/C16H20N2OS/c1-12-6-7-15(13(10-12)4-2-8-17)16(19)18-11-14-5-3-9-20-14/h6-7,10,14H,3,5,8-9,11,17H2,1H3,(H,18,19). The Kier molecular flexibility index (Phi) is 5.51. The summed E-state index contributed by atoms with van der Waals surface area (Å²) in [7, 11) is 0. The molecule has 1 atom stereocenters. The van der Waals surface area contributed by atoms with E-state index in [4.69, 9.17) is 5.73 Å². The van der Waals surface area contributed by atoms with Gasteiger partial charge in [0.1, 0.15) is 0 Å². The fourth-order valence-corrected chi connectivity index (χ4v) is 3.41. The topological polar surface area (TPSA) is 55.1 Å². The number of carbonyl (C=O) groups excluding carboxylic acids is 1. The van der Waals surface area contributed by atoms with Gasteiger partial charge in [0.25, 0.3) is 5.91 Å². The Morgan fingerprint density at radius 3 is 3.10 bits per heavy atom. The Bertz CT molecular complexity index is 539. The van der Waals surface area contributed by atoms with Crippen molar-refractivity contribution in [2.75, 3.05) is 18.8 Å². The van der Waals surface area contributed by atoms with Crippen LogP contribution in [0, 0.1) is 18.8 Å². The summed E-state index contributed by atoms with van der Waals surface area (Å²) in [4.78, 5) is 12.3. The highest BCUT2D eigenvalue weighted by Crippen LogP contribution is 2.25. The summed E-state index contributed by atoms with van der Waals surface area (Å²) >= 11 is 1.94. The van der Waals surface area contributed by atoms with Crippen molar-refractivity contribution in [2.45, 2.75) is 25.0 Å². The highest BCUT2D eigenvalue weighted by atomic mass is 32.2. The van der Waals surface area contributed by atoms with Gasteiger partial charge in [-0.05, 0) is 43.2 Å². The van der Waals surface area contributed by atoms with Crippen LogP contribution >= 0.6 is 11.8 Å². The second-order valence-electron chi connectivity index (χ2n) is 4.90. The normalized spacial score (nSPS) is 17.4. The third-order valence-corrected chi connectivity index (χ3v) is 4.66. The van der Waals surface area contributed by atoms with Crippen LogP contribution in [0.15, 0.2) is 18.2 Å². The molecular weight excluding hydrogens is 268 g/mol. The smallest absolute Gasteiger partial charge is 0.252 e. The molecule has 1 unspecified atom stereocenters. The SMILES string of the molecule is Cc1ccc(C(=O)NCC2CCCS2)c(C#CCN)c1. The Morgan fingerprint density at radius 2 is 2.40 bits per heavy atom. The average molecular weight is 288 g/mol. The van der Waals surface area contributed by atoms with E-state index < -0.39 is 0 Å². The molecular formula is C16H20N2OS. The summed E-state index contributed by atoms with van der Waals surface area (Å²) in [6.45, 7) is 3.03. The number of rotatable bonds is 3. The molecule has 20 heavy (non-hydrogen) atoms. The van der Waals surface area contributed by atoms with Crippen LogP contribution in [0.1, 0.15) is 34.3 Å². The van der Waals surface area contributed by atoms with Crippen molar-refractivity contribution >= 4 is 17.7 Å². The minimum Gasteiger partial charge on any atom is -0.351 e. The van der Waals surface area contributed by atoms with Gasteiger partial charge in [-0.15, -0.1) is 0 Å². The van der Waals surface area contributed by atoms with E-state index in [1.807, 2.05) is 36.9 Å². The number of benzene rings is 1. The number of carbonyl (C=O) groups is 1. The minimum absolute atomic E-state index is 0.0428. The first-order valence-electron chi connectivity index (χ1n) is 6.90. The molecule has 4 heteroatoms. The Morgan fingerprint density at radius 1 is 1.55 bits per heavy atom. The summed E-state index contributed by atoms with van der Waals surface area (Å²) < 4.78 is 0. The lowest BCUT2D eigenvalue weighted by Gasteiger charge is -2.11. The van der Waals surface area contributed by atoms with Gasteiger partial charge in [0.15, 0.2) is 0 Å². The summed E-state index contributed by atoms with van der Waals surface area (Å²) in [5, 5.41) is 3.58. The maximum absolute atomic E-state index is 12.3. The number of hydrogen-bond acceptors (Lipinski definition) is 3. The third-order valence-electron chi connectivity index (χ3n) is 3.26. The molecule has 1 fully saturated rings. The molecule has 0 aromatic heterocycles. The molecule has 1 aliphatic rings. The molecule has 3 nitrogen and oxygen atoms in total. The third kappa shape index (κ3) is 4.03. The largest absolute Gasteiger partial charge is 0.351 e. The summed E-state index contributed by atoms with van der Waals surface area (Å²) in [6, 6.07) is 5.71. The van der Waals surface area contributed by atoms with Gasteiger partial charge in [-0.25, -0.2) is 0 Å². The van der Waals surface area contributed by atoms with E-state index in [-0.39, 0.29) is 5.91 Å². The van der Waals surface area contributed by atoms with Crippen LogP contribution in [0.5, 0.6) is 0 Å². The fourth-order valence-electron chi connectivity index (χ4n) is 2.21. The number of aryl methyl sites for hydroxylation is 1. The van der Waals surface area contributed by atoms with Crippen molar-refractivity contribution in [1.82, 2.24) is 5.32 Å². The van der Waals surface area contributed by atoms with Crippen LogP contribution in [0.25, 0.3) is 0 Å². The zero-order chi connectivity index (χ0) is 14.4. The van der Waals surface area contributed by atoms with Gasteiger partial charge in [-0.3, -0.25) is 4.79 Å². The van der Waals surface area contributed by atoms with E-state index in [9.17, 15) is 4.79 Å². The Balaban J connectivity index is 2.07. The Hall–Kier alpha value is -1.44. The predicted molar refractivity (Wildman–Crippen MR) is 84.9 cm³/mol. The quantitative estimate of drug-likeness (QED) is 0.836. The van der Waals surface area contributed by atoms with Crippen molar-refractivity contribution in [3.63, 3.8) is 0 Å². The van der Waals surface area contributed by atoms with Gasteiger partial charge in [-0.2, -0.15) is 11.8 Å². The minimum atomic E-state index is -0.0428. The molecule has 2 rings (SSSR count). The highest BCUT2D eigenvalue weighted by molar-refractivity contribution is 8.00. The molecule has 3 N–H and O–H groups in total. The average Bonchev–Trinajstić information content (AvgIpc) is 2.96. The van der Waals surface area contributed by atoms with Gasteiger partial charge in [0, 0.05) is 17.4 Å². The van der Waals surface area contributed by atoms with Crippen molar-refractivity contribution in [1.29, 1.82) is 0 Å². The molecule has 0 radical (unpaired) electrons. The maximum atomic E-state index is 12.3. The van der Waals surface area contributed by atoms with Gasteiger partial charge in [0.2, 0.25) is 0 Å².